The third kappa shape index (κ3) is 4.30. The normalized spacial score (nSPS) is 16.3. The van der Waals surface area contributed by atoms with E-state index in [0.29, 0.717) is 35.2 Å². The van der Waals surface area contributed by atoms with Gasteiger partial charge in [0.05, 0.1) is 11.6 Å². The molecule has 2 aromatic rings. The van der Waals surface area contributed by atoms with Crippen LogP contribution in [0.5, 0.6) is 5.75 Å². The Morgan fingerprint density at radius 2 is 2.08 bits per heavy atom. The molecule has 138 valence electrons. The van der Waals surface area contributed by atoms with Crippen molar-refractivity contribution in [3.8, 4) is 5.75 Å². The summed E-state index contributed by atoms with van der Waals surface area (Å²) in [6.07, 6.45) is 2.54. The largest absolute Gasteiger partial charge is 0.492 e. The number of benzene rings is 2. The van der Waals surface area contributed by atoms with Gasteiger partial charge in [-0.25, -0.2) is 4.39 Å². The number of rotatable bonds is 5. The molecular formula is C20H20Cl2FNO2. The van der Waals surface area contributed by atoms with Gasteiger partial charge in [0.1, 0.15) is 11.6 Å². The average molecular weight is 396 g/mol. The van der Waals surface area contributed by atoms with E-state index in [9.17, 15) is 9.18 Å². The molecule has 0 bridgehead atoms. The van der Waals surface area contributed by atoms with E-state index >= 15 is 0 Å². The lowest BCUT2D eigenvalue weighted by molar-refractivity contribution is -0.119. The van der Waals surface area contributed by atoms with E-state index in [1.165, 1.54) is 12.1 Å². The number of hydrogen-bond acceptors (Lipinski definition) is 2. The molecule has 0 fully saturated rings. The van der Waals surface area contributed by atoms with Gasteiger partial charge in [-0.05, 0) is 68.1 Å². The molecule has 3 rings (SSSR count). The Labute approximate surface area is 162 Å². The predicted octanol–water partition coefficient (Wildman–Crippen LogP) is 5.66. The molecule has 0 saturated heterocycles. The second kappa shape index (κ2) is 8.28. The number of carbonyl (C=O) groups excluding carboxylic acids is 1. The van der Waals surface area contributed by atoms with Crippen LogP contribution in [-0.4, -0.2) is 18.6 Å². The fourth-order valence-corrected chi connectivity index (χ4v) is 3.68. The lowest BCUT2D eigenvalue weighted by Gasteiger charge is -2.35. The van der Waals surface area contributed by atoms with Crippen molar-refractivity contribution in [1.82, 2.24) is 0 Å². The fourth-order valence-electron chi connectivity index (χ4n) is 3.22. The molecule has 3 nitrogen and oxygen atoms in total. The Balaban J connectivity index is 1.58. The van der Waals surface area contributed by atoms with Gasteiger partial charge in [-0.2, -0.15) is 0 Å². The molecular weight excluding hydrogens is 376 g/mol. The van der Waals surface area contributed by atoms with Crippen LogP contribution in [0.3, 0.4) is 0 Å². The summed E-state index contributed by atoms with van der Waals surface area (Å²) in [6.45, 7) is 2.40. The van der Waals surface area contributed by atoms with E-state index in [0.717, 1.165) is 24.1 Å². The summed E-state index contributed by atoms with van der Waals surface area (Å²) in [5, 5.41) is 0.996. The quantitative estimate of drug-likeness (QED) is 0.611. The SMILES string of the molecule is CC1CCc2cc(F)ccc2N1C(=O)CCCOc1ccc(Cl)cc1Cl. The number of amides is 1. The molecule has 1 aliphatic heterocycles. The maximum Gasteiger partial charge on any atom is 0.227 e. The number of ether oxygens (including phenoxy) is 1. The first-order valence-electron chi connectivity index (χ1n) is 8.64. The van der Waals surface area contributed by atoms with Crippen LogP contribution in [0.4, 0.5) is 10.1 Å². The minimum Gasteiger partial charge on any atom is -0.492 e. The molecule has 1 heterocycles. The second-order valence-electron chi connectivity index (χ2n) is 6.45. The third-order valence-electron chi connectivity index (χ3n) is 4.53. The van der Waals surface area contributed by atoms with Crippen LogP contribution in [0.25, 0.3) is 0 Å². The van der Waals surface area contributed by atoms with Crippen LogP contribution in [-0.2, 0) is 11.2 Å². The number of aryl methyl sites for hydroxylation is 1. The van der Waals surface area contributed by atoms with Gasteiger partial charge >= 0.3 is 0 Å². The van der Waals surface area contributed by atoms with Gasteiger partial charge in [-0.1, -0.05) is 23.2 Å². The molecule has 0 aromatic heterocycles. The number of halogens is 3. The molecule has 0 aliphatic carbocycles. The Hall–Kier alpha value is -1.78. The van der Waals surface area contributed by atoms with Crippen molar-refractivity contribution in [3.05, 3.63) is 57.8 Å². The molecule has 1 atom stereocenters. The summed E-state index contributed by atoms with van der Waals surface area (Å²) >= 11 is 11.9. The Bertz CT molecular complexity index is 812. The Morgan fingerprint density at radius 1 is 1.27 bits per heavy atom. The molecule has 26 heavy (non-hydrogen) atoms. The highest BCUT2D eigenvalue weighted by Gasteiger charge is 2.28. The first kappa shape index (κ1) is 19.0. The number of fused-ring (bicyclic) bond motifs is 1. The molecule has 0 radical (unpaired) electrons. The number of anilines is 1. The highest BCUT2D eigenvalue weighted by molar-refractivity contribution is 6.35. The molecule has 6 heteroatoms. The summed E-state index contributed by atoms with van der Waals surface area (Å²) < 4.78 is 19.1. The van der Waals surface area contributed by atoms with Crippen molar-refractivity contribution in [2.24, 2.45) is 0 Å². The van der Waals surface area contributed by atoms with E-state index in [4.69, 9.17) is 27.9 Å². The van der Waals surface area contributed by atoms with Gasteiger partial charge in [-0.15, -0.1) is 0 Å². The van der Waals surface area contributed by atoms with E-state index in [2.05, 4.69) is 0 Å². The first-order valence-corrected chi connectivity index (χ1v) is 9.39. The average Bonchev–Trinajstić information content (AvgIpc) is 2.60. The molecule has 1 unspecified atom stereocenters. The minimum atomic E-state index is -0.265. The summed E-state index contributed by atoms with van der Waals surface area (Å²) in [5.74, 6) is 0.311. The van der Waals surface area contributed by atoms with Crippen LogP contribution in [0.2, 0.25) is 10.0 Å². The van der Waals surface area contributed by atoms with Crippen molar-refractivity contribution >= 4 is 34.8 Å². The highest BCUT2D eigenvalue weighted by atomic mass is 35.5. The van der Waals surface area contributed by atoms with Crippen LogP contribution in [0.1, 0.15) is 31.7 Å². The summed E-state index contributed by atoms with van der Waals surface area (Å²) in [5.41, 5.74) is 1.71. The Morgan fingerprint density at radius 3 is 2.85 bits per heavy atom. The maximum atomic E-state index is 13.4. The van der Waals surface area contributed by atoms with Crippen LogP contribution in [0.15, 0.2) is 36.4 Å². The monoisotopic (exact) mass is 395 g/mol. The summed E-state index contributed by atoms with van der Waals surface area (Å²) in [7, 11) is 0. The molecule has 1 amide bonds. The predicted molar refractivity (Wildman–Crippen MR) is 103 cm³/mol. The second-order valence-corrected chi connectivity index (χ2v) is 7.29. The van der Waals surface area contributed by atoms with Gasteiger partial charge in [0.25, 0.3) is 0 Å². The van der Waals surface area contributed by atoms with Crippen molar-refractivity contribution in [2.75, 3.05) is 11.5 Å². The van der Waals surface area contributed by atoms with Gasteiger partial charge in [0.2, 0.25) is 5.91 Å². The summed E-state index contributed by atoms with van der Waals surface area (Å²) in [6, 6.07) is 9.77. The van der Waals surface area contributed by atoms with E-state index in [1.54, 1.807) is 29.2 Å². The molecule has 0 N–H and O–H groups in total. The van der Waals surface area contributed by atoms with Crippen LogP contribution in [0, 0.1) is 5.82 Å². The van der Waals surface area contributed by atoms with Gasteiger partial charge in [-0.3, -0.25) is 4.79 Å². The number of hydrogen-bond donors (Lipinski definition) is 0. The van der Waals surface area contributed by atoms with Gasteiger partial charge in [0.15, 0.2) is 0 Å². The standard InChI is InChI=1S/C20H20Cl2FNO2/c1-13-4-5-14-11-16(23)7-8-18(14)24(13)20(25)3-2-10-26-19-9-6-15(21)12-17(19)22/h6-9,11-13H,2-5,10H2,1H3. The number of nitrogens with zero attached hydrogens (tertiary/aromatic N) is 1. The Kier molecular flexibility index (Phi) is 6.05. The van der Waals surface area contributed by atoms with E-state index in [-0.39, 0.29) is 17.8 Å². The zero-order valence-corrected chi connectivity index (χ0v) is 16.0. The zero-order chi connectivity index (χ0) is 18.7. The lowest BCUT2D eigenvalue weighted by Crippen LogP contribution is -2.42. The molecule has 2 aromatic carbocycles. The van der Waals surface area contributed by atoms with Crippen molar-refractivity contribution < 1.29 is 13.9 Å². The number of carbonyl (C=O) groups is 1. The first-order chi connectivity index (χ1) is 12.5. The van der Waals surface area contributed by atoms with Crippen molar-refractivity contribution in [3.63, 3.8) is 0 Å². The lowest BCUT2D eigenvalue weighted by atomic mass is 9.96. The topological polar surface area (TPSA) is 29.5 Å². The van der Waals surface area contributed by atoms with Crippen molar-refractivity contribution in [2.45, 2.75) is 38.6 Å². The zero-order valence-electron chi connectivity index (χ0n) is 14.5. The summed E-state index contributed by atoms with van der Waals surface area (Å²) in [4.78, 5) is 14.5. The van der Waals surface area contributed by atoms with Crippen LogP contribution >= 0.6 is 23.2 Å². The highest BCUT2D eigenvalue weighted by Crippen LogP contribution is 2.32. The molecule has 0 saturated carbocycles. The third-order valence-corrected chi connectivity index (χ3v) is 5.06. The maximum absolute atomic E-state index is 13.4. The molecule has 1 aliphatic rings. The van der Waals surface area contributed by atoms with E-state index in [1.807, 2.05) is 6.92 Å². The van der Waals surface area contributed by atoms with Gasteiger partial charge < -0.3 is 9.64 Å². The van der Waals surface area contributed by atoms with Crippen molar-refractivity contribution in [1.29, 1.82) is 0 Å². The fraction of sp³-hybridized carbons (Fsp3) is 0.350. The van der Waals surface area contributed by atoms with E-state index < -0.39 is 0 Å². The minimum absolute atomic E-state index is 0.0239. The molecule has 0 spiro atoms. The smallest absolute Gasteiger partial charge is 0.227 e. The van der Waals surface area contributed by atoms with Gasteiger partial charge in [0, 0.05) is 23.2 Å². The van der Waals surface area contributed by atoms with Crippen LogP contribution < -0.4 is 9.64 Å².